The Morgan fingerprint density at radius 1 is 0.962 bits per heavy atom. The second-order valence-electron chi connectivity index (χ2n) is 5.37. The van der Waals surface area contributed by atoms with E-state index in [1.807, 2.05) is 0 Å². The van der Waals surface area contributed by atoms with E-state index in [4.69, 9.17) is 9.15 Å². The third kappa shape index (κ3) is 4.42. The Kier molecular flexibility index (Phi) is 5.22. The van der Waals surface area contributed by atoms with Crippen LogP contribution in [0.5, 0.6) is 5.75 Å². The lowest BCUT2D eigenvalue weighted by Crippen LogP contribution is -1.96. The molecule has 26 heavy (non-hydrogen) atoms. The van der Waals surface area contributed by atoms with Crippen molar-refractivity contribution < 1.29 is 27.1 Å². The molecule has 3 nitrogen and oxygen atoms in total. The molecule has 1 aromatic heterocycles. The molecule has 0 fully saturated rings. The molecule has 2 aromatic carbocycles. The number of carbonyl (C=O) groups excluding carboxylic acids is 1. The minimum absolute atomic E-state index is 0.0533. The van der Waals surface area contributed by atoms with E-state index in [2.05, 4.69) is 0 Å². The van der Waals surface area contributed by atoms with Crippen LogP contribution in [0.4, 0.5) is 13.2 Å². The summed E-state index contributed by atoms with van der Waals surface area (Å²) in [6, 6.07) is 11.4. The summed E-state index contributed by atoms with van der Waals surface area (Å²) in [5.74, 6) is -1.49. The second-order valence-corrected chi connectivity index (χ2v) is 5.37. The third-order valence-electron chi connectivity index (χ3n) is 3.47. The van der Waals surface area contributed by atoms with Crippen molar-refractivity contribution >= 4 is 11.9 Å². The van der Waals surface area contributed by atoms with Crippen LogP contribution in [0.2, 0.25) is 0 Å². The lowest BCUT2D eigenvalue weighted by molar-refractivity contribution is 0.104. The van der Waals surface area contributed by atoms with Gasteiger partial charge in [-0.15, -0.1) is 0 Å². The monoisotopic (exact) mass is 358 g/mol. The first-order valence-electron chi connectivity index (χ1n) is 7.66. The van der Waals surface area contributed by atoms with Gasteiger partial charge in [0.2, 0.25) is 0 Å². The predicted octanol–water partition coefficient (Wildman–Crippen LogP) is 5.17. The van der Waals surface area contributed by atoms with E-state index in [0.29, 0.717) is 17.1 Å². The summed E-state index contributed by atoms with van der Waals surface area (Å²) in [4.78, 5) is 12.0. The Morgan fingerprint density at radius 3 is 2.42 bits per heavy atom. The number of carbonyl (C=O) groups is 1. The van der Waals surface area contributed by atoms with Gasteiger partial charge in [0.1, 0.15) is 29.8 Å². The van der Waals surface area contributed by atoms with Gasteiger partial charge >= 0.3 is 0 Å². The zero-order valence-electron chi connectivity index (χ0n) is 13.4. The molecule has 0 radical (unpaired) electrons. The lowest BCUT2D eigenvalue weighted by Gasteiger charge is -2.05. The van der Waals surface area contributed by atoms with Crippen LogP contribution in [0, 0.1) is 17.5 Å². The van der Waals surface area contributed by atoms with Gasteiger partial charge in [-0.25, -0.2) is 13.2 Å². The number of allylic oxidation sites excluding steroid dienone is 1. The number of furan rings is 1. The van der Waals surface area contributed by atoms with E-state index in [-0.39, 0.29) is 18.1 Å². The smallest absolute Gasteiger partial charge is 0.185 e. The molecule has 1 heterocycles. The summed E-state index contributed by atoms with van der Waals surface area (Å²) in [5.41, 5.74) is 0.351. The van der Waals surface area contributed by atoms with Gasteiger partial charge in [-0.3, -0.25) is 4.79 Å². The molecule has 0 aliphatic rings. The summed E-state index contributed by atoms with van der Waals surface area (Å²) in [6.45, 7) is -0.0533. The van der Waals surface area contributed by atoms with Crippen molar-refractivity contribution in [2.24, 2.45) is 0 Å². The van der Waals surface area contributed by atoms with Gasteiger partial charge in [-0.2, -0.15) is 0 Å². The summed E-state index contributed by atoms with van der Waals surface area (Å²) >= 11 is 0. The van der Waals surface area contributed by atoms with Gasteiger partial charge < -0.3 is 9.15 Å². The van der Waals surface area contributed by atoms with Crippen molar-refractivity contribution in [2.45, 2.75) is 6.61 Å². The van der Waals surface area contributed by atoms with Gasteiger partial charge in [0.15, 0.2) is 17.3 Å². The summed E-state index contributed by atoms with van der Waals surface area (Å²) < 4.78 is 49.9. The van der Waals surface area contributed by atoms with Gasteiger partial charge in [-0.1, -0.05) is 0 Å². The first-order chi connectivity index (χ1) is 12.5. The zero-order chi connectivity index (χ0) is 18.5. The number of halogens is 3. The minimum atomic E-state index is -0.804. The first-order valence-corrected chi connectivity index (χ1v) is 7.66. The second kappa shape index (κ2) is 7.74. The maximum Gasteiger partial charge on any atom is 0.185 e. The van der Waals surface area contributed by atoms with Crippen molar-refractivity contribution in [3.05, 3.63) is 95.2 Å². The Balaban J connectivity index is 1.60. The molecule has 132 valence electrons. The average molecular weight is 358 g/mol. The maximum absolute atomic E-state index is 13.5. The number of hydrogen-bond acceptors (Lipinski definition) is 3. The van der Waals surface area contributed by atoms with E-state index in [1.54, 1.807) is 12.1 Å². The molecular formula is C20H13F3O3. The highest BCUT2D eigenvalue weighted by molar-refractivity contribution is 6.06. The molecule has 0 amide bonds. The molecule has 0 spiro atoms. The minimum Gasteiger partial charge on any atom is -0.483 e. The van der Waals surface area contributed by atoms with Crippen molar-refractivity contribution in [3.63, 3.8) is 0 Å². The zero-order valence-corrected chi connectivity index (χ0v) is 13.4. The quantitative estimate of drug-likeness (QED) is 0.451. The van der Waals surface area contributed by atoms with Crippen molar-refractivity contribution in [2.75, 3.05) is 0 Å². The van der Waals surface area contributed by atoms with E-state index in [0.717, 1.165) is 12.1 Å². The molecule has 0 N–H and O–H groups in total. The molecule has 3 rings (SSSR count). The number of ketones is 1. The van der Waals surface area contributed by atoms with Gasteiger partial charge in [0, 0.05) is 11.6 Å². The molecule has 0 saturated carbocycles. The van der Waals surface area contributed by atoms with E-state index >= 15 is 0 Å². The largest absolute Gasteiger partial charge is 0.483 e. The summed E-state index contributed by atoms with van der Waals surface area (Å²) in [7, 11) is 0. The van der Waals surface area contributed by atoms with Crippen LogP contribution >= 0.6 is 0 Å². The fourth-order valence-corrected chi connectivity index (χ4v) is 2.17. The number of rotatable bonds is 6. The maximum atomic E-state index is 13.5. The molecule has 0 aliphatic carbocycles. The third-order valence-corrected chi connectivity index (χ3v) is 3.47. The number of benzene rings is 2. The van der Waals surface area contributed by atoms with E-state index in [9.17, 15) is 18.0 Å². The van der Waals surface area contributed by atoms with Crippen LogP contribution < -0.4 is 4.74 Å². The molecule has 0 unspecified atom stereocenters. The number of hydrogen-bond donors (Lipinski definition) is 0. The topological polar surface area (TPSA) is 39.4 Å². The lowest BCUT2D eigenvalue weighted by atomic mass is 10.1. The Labute approximate surface area is 147 Å². The van der Waals surface area contributed by atoms with Crippen molar-refractivity contribution in [1.29, 1.82) is 0 Å². The normalized spacial score (nSPS) is 11.0. The first kappa shape index (κ1) is 17.5. The standard InChI is InChI=1S/C20H13F3O3/c21-14-3-1-13(2-4-14)19(24)9-8-16-6-7-17(26-16)12-25-20-10-5-15(22)11-18(20)23/h1-11H,12H2/b9-8+. The molecule has 0 aliphatic heterocycles. The fraction of sp³-hybridized carbons (Fsp3) is 0.0500. The summed E-state index contributed by atoms with van der Waals surface area (Å²) in [6.07, 6.45) is 2.77. The van der Waals surface area contributed by atoms with Crippen molar-refractivity contribution in [1.82, 2.24) is 0 Å². The van der Waals surface area contributed by atoms with Crippen molar-refractivity contribution in [3.8, 4) is 5.75 Å². The van der Waals surface area contributed by atoms with E-state index in [1.165, 1.54) is 42.5 Å². The predicted molar refractivity (Wildman–Crippen MR) is 89.2 cm³/mol. The van der Waals surface area contributed by atoms with Gasteiger partial charge in [0.25, 0.3) is 0 Å². The Bertz CT molecular complexity index is 943. The fourth-order valence-electron chi connectivity index (χ4n) is 2.17. The average Bonchev–Trinajstić information content (AvgIpc) is 3.07. The van der Waals surface area contributed by atoms with Gasteiger partial charge in [-0.05, 0) is 60.7 Å². The van der Waals surface area contributed by atoms with Crippen LogP contribution in [0.1, 0.15) is 21.9 Å². The molecule has 0 bridgehead atoms. The molecule has 0 saturated heterocycles. The van der Waals surface area contributed by atoms with Crippen LogP contribution in [-0.4, -0.2) is 5.78 Å². The number of ether oxygens (including phenoxy) is 1. The molecule has 6 heteroatoms. The van der Waals surface area contributed by atoms with Gasteiger partial charge in [0.05, 0.1) is 0 Å². The Morgan fingerprint density at radius 2 is 1.69 bits per heavy atom. The highest BCUT2D eigenvalue weighted by Crippen LogP contribution is 2.20. The van der Waals surface area contributed by atoms with Crippen LogP contribution in [0.3, 0.4) is 0 Å². The molecule has 3 aromatic rings. The summed E-state index contributed by atoms with van der Waals surface area (Å²) in [5, 5.41) is 0. The van der Waals surface area contributed by atoms with Crippen LogP contribution in [0.15, 0.2) is 65.1 Å². The molecular weight excluding hydrogens is 345 g/mol. The Hall–Kier alpha value is -3.28. The highest BCUT2D eigenvalue weighted by Gasteiger charge is 2.07. The SMILES string of the molecule is O=C(/C=C/c1ccc(COc2ccc(F)cc2F)o1)c1ccc(F)cc1. The molecule has 0 atom stereocenters. The van der Waals surface area contributed by atoms with Crippen LogP contribution in [0.25, 0.3) is 6.08 Å². The van der Waals surface area contributed by atoms with Crippen LogP contribution in [-0.2, 0) is 6.61 Å². The highest BCUT2D eigenvalue weighted by atomic mass is 19.1. The van der Waals surface area contributed by atoms with E-state index < -0.39 is 17.5 Å².